The van der Waals surface area contributed by atoms with Gasteiger partial charge in [-0.15, -0.1) is 12.6 Å². The van der Waals surface area contributed by atoms with Gasteiger partial charge in [0.25, 0.3) is 0 Å². The highest BCUT2D eigenvalue weighted by molar-refractivity contribution is 7.80. The van der Waals surface area contributed by atoms with Crippen molar-refractivity contribution in [2.24, 2.45) is 5.92 Å². The lowest BCUT2D eigenvalue weighted by Gasteiger charge is -2.31. The van der Waals surface area contributed by atoms with Crippen LogP contribution in [0.2, 0.25) is 0 Å². The van der Waals surface area contributed by atoms with E-state index in [1.165, 1.54) is 0 Å². The van der Waals surface area contributed by atoms with Gasteiger partial charge >= 0.3 is 0 Å². The number of ether oxygens (including phenoxy) is 1. The van der Waals surface area contributed by atoms with E-state index in [0.29, 0.717) is 12.3 Å². The molecular weight excluding hydrogens is 258 g/mol. The van der Waals surface area contributed by atoms with Gasteiger partial charge in [-0.1, -0.05) is 12.1 Å². The van der Waals surface area contributed by atoms with Gasteiger partial charge in [-0.2, -0.15) is 0 Å². The van der Waals surface area contributed by atoms with Gasteiger partial charge < -0.3 is 9.64 Å². The summed E-state index contributed by atoms with van der Waals surface area (Å²) in [7, 11) is 1.74. The van der Waals surface area contributed by atoms with Gasteiger partial charge in [0.05, 0.1) is 6.42 Å². The van der Waals surface area contributed by atoms with Crippen LogP contribution in [-0.2, 0) is 16.0 Å². The first-order chi connectivity index (χ1) is 9.19. The summed E-state index contributed by atoms with van der Waals surface area (Å²) in [5, 5.41) is 0. The molecule has 2 rings (SSSR count). The van der Waals surface area contributed by atoms with Gasteiger partial charge in [0.15, 0.2) is 0 Å². The first-order valence-corrected chi connectivity index (χ1v) is 7.18. The van der Waals surface area contributed by atoms with Crippen LogP contribution in [-0.4, -0.2) is 37.6 Å². The van der Waals surface area contributed by atoms with Crippen LogP contribution in [0.5, 0.6) is 0 Å². The summed E-state index contributed by atoms with van der Waals surface area (Å²) in [5.41, 5.74) is 1.06. The second kappa shape index (κ2) is 6.96. The van der Waals surface area contributed by atoms with Crippen LogP contribution in [0.15, 0.2) is 29.2 Å². The number of nitrogens with zero attached hydrogens (tertiary/aromatic N) is 1. The Morgan fingerprint density at radius 1 is 1.32 bits per heavy atom. The average molecular weight is 279 g/mol. The maximum Gasteiger partial charge on any atom is 0.226 e. The molecule has 1 heterocycles. The molecule has 1 saturated heterocycles. The Kier molecular flexibility index (Phi) is 5.28. The molecule has 0 atom stereocenters. The number of hydrogen-bond donors (Lipinski definition) is 1. The topological polar surface area (TPSA) is 29.5 Å². The summed E-state index contributed by atoms with van der Waals surface area (Å²) in [5.74, 6) is 0.834. The number of thiol groups is 1. The van der Waals surface area contributed by atoms with E-state index in [9.17, 15) is 4.79 Å². The molecule has 1 aliphatic heterocycles. The predicted molar refractivity (Wildman–Crippen MR) is 78.6 cm³/mol. The normalized spacial score (nSPS) is 16.6. The molecule has 1 aromatic rings. The van der Waals surface area contributed by atoms with Gasteiger partial charge in [0.2, 0.25) is 5.91 Å². The van der Waals surface area contributed by atoms with Crippen LogP contribution in [0, 0.1) is 5.92 Å². The summed E-state index contributed by atoms with van der Waals surface area (Å²) in [6.45, 7) is 2.53. The van der Waals surface area contributed by atoms with E-state index < -0.39 is 0 Å². The zero-order chi connectivity index (χ0) is 13.7. The maximum atomic E-state index is 12.2. The lowest BCUT2D eigenvalue weighted by Crippen LogP contribution is -2.40. The van der Waals surface area contributed by atoms with Crippen LogP contribution in [0.4, 0.5) is 0 Å². The van der Waals surface area contributed by atoms with Crippen LogP contribution in [0.3, 0.4) is 0 Å². The minimum atomic E-state index is 0.225. The summed E-state index contributed by atoms with van der Waals surface area (Å²) >= 11 is 4.25. The van der Waals surface area contributed by atoms with E-state index in [-0.39, 0.29) is 5.91 Å². The van der Waals surface area contributed by atoms with Crippen LogP contribution in [0.25, 0.3) is 0 Å². The van der Waals surface area contributed by atoms with E-state index >= 15 is 0 Å². The molecule has 3 nitrogen and oxygen atoms in total. The van der Waals surface area contributed by atoms with E-state index in [2.05, 4.69) is 12.6 Å². The predicted octanol–water partition coefficient (Wildman–Crippen LogP) is 2.40. The fraction of sp³-hybridized carbons (Fsp3) is 0.533. The van der Waals surface area contributed by atoms with Crippen molar-refractivity contribution in [3.63, 3.8) is 0 Å². The fourth-order valence-corrected chi connectivity index (χ4v) is 2.63. The number of piperidine rings is 1. The molecule has 0 unspecified atom stereocenters. The van der Waals surface area contributed by atoms with E-state index in [4.69, 9.17) is 4.74 Å². The number of likely N-dealkylation sites (tertiary alicyclic amines) is 1. The third kappa shape index (κ3) is 4.25. The van der Waals surface area contributed by atoms with Crippen molar-refractivity contribution in [3.8, 4) is 0 Å². The Morgan fingerprint density at radius 2 is 1.95 bits per heavy atom. The van der Waals surface area contributed by atoms with E-state index in [0.717, 1.165) is 43.0 Å². The largest absolute Gasteiger partial charge is 0.384 e. The third-order valence-corrected chi connectivity index (χ3v) is 3.96. The third-order valence-electron chi connectivity index (χ3n) is 3.66. The van der Waals surface area contributed by atoms with Gasteiger partial charge in [0.1, 0.15) is 0 Å². The minimum absolute atomic E-state index is 0.225. The standard InChI is InChI=1S/C15H21NO2S/c1-18-11-13-6-8-16(9-7-13)15(17)10-12-2-4-14(19)5-3-12/h2-5,13,19H,6-11H2,1H3. The molecule has 19 heavy (non-hydrogen) atoms. The van der Waals surface area contributed by atoms with Crippen LogP contribution in [0.1, 0.15) is 18.4 Å². The molecular formula is C15H21NO2S. The number of amides is 1. The Balaban J connectivity index is 1.83. The number of benzene rings is 1. The average Bonchev–Trinajstić information content (AvgIpc) is 2.42. The van der Waals surface area contributed by atoms with Gasteiger partial charge in [0, 0.05) is 31.7 Å². The smallest absolute Gasteiger partial charge is 0.226 e. The number of rotatable bonds is 4. The zero-order valence-corrected chi connectivity index (χ0v) is 12.2. The summed E-state index contributed by atoms with van der Waals surface area (Å²) in [4.78, 5) is 15.1. The van der Waals surface area contributed by atoms with E-state index in [1.807, 2.05) is 29.2 Å². The molecule has 0 saturated carbocycles. The van der Waals surface area contributed by atoms with Crippen molar-refractivity contribution in [2.45, 2.75) is 24.2 Å². The van der Waals surface area contributed by atoms with E-state index in [1.54, 1.807) is 7.11 Å². The second-order valence-electron chi connectivity index (χ2n) is 5.12. The fourth-order valence-electron chi connectivity index (χ4n) is 2.48. The highest BCUT2D eigenvalue weighted by Crippen LogP contribution is 2.18. The Labute approximate surface area is 120 Å². The molecule has 1 amide bonds. The van der Waals surface area contributed by atoms with Gasteiger partial charge in [-0.25, -0.2) is 0 Å². The Morgan fingerprint density at radius 3 is 2.53 bits per heavy atom. The molecule has 1 aliphatic rings. The van der Waals surface area contributed by atoms with Crippen molar-refractivity contribution in [2.75, 3.05) is 26.8 Å². The van der Waals surface area contributed by atoms with Crippen molar-refractivity contribution in [1.82, 2.24) is 4.90 Å². The maximum absolute atomic E-state index is 12.2. The Hall–Kier alpha value is -1.00. The minimum Gasteiger partial charge on any atom is -0.384 e. The lowest BCUT2D eigenvalue weighted by molar-refractivity contribution is -0.132. The molecule has 104 valence electrons. The molecule has 0 aliphatic carbocycles. The monoisotopic (exact) mass is 279 g/mol. The van der Waals surface area contributed by atoms with Crippen molar-refractivity contribution in [1.29, 1.82) is 0 Å². The zero-order valence-electron chi connectivity index (χ0n) is 11.3. The summed E-state index contributed by atoms with van der Waals surface area (Å²) in [6, 6.07) is 7.79. The molecule has 4 heteroatoms. The highest BCUT2D eigenvalue weighted by atomic mass is 32.1. The first kappa shape index (κ1) is 14.4. The SMILES string of the molecule is COCC1CCN(C(=O)Cc2ccc(S)cc2)CC1. The highest BCUT2D eigenvalue weighted by Gasteiger charge is 2.22. The molecule has 1 aromatic carbocycles. The number of methoxy groups -OCH3 is 1. The van der Waals surface area contributed by atoms with Crippen molar-refractivity contribution < 1.29 is 9.53 Å². The summed E-state index contributed by atoms with van der Waals surface area (Å²) < 4.78 is 5.17. The Bertz CT molecular complexity index is 411. The van der Waals surface area contributed by atoms with Crippen molar-refractivity contribution in [3.05, 3.63) is 29.8 Å². The van der Waals surface area contributed by atoms with Gasteiger partial charge in [-0.3, -0.25) is 4.79 Å². The van der Waals surface area contributed by atoms with Crippen LogP contribution >= 0.6 is 12.6 Å². The lowest BCUT2D eigenvalue weighted by atomic mass is 9.97. The molecule has 0 aromatic heterocycles. The molecule has 0 bridgehead atoms. The first-order valence-electron chi connectivity index (χ1n) is 6.73. The molecule has 0 spiro atoms. The van der Waals surface area contributed by atoms with Crippen molar-refractivity contribution >= 4 is 18.5 Å². The number of hydrogen-bond acceptors (Lipinski definition) is 3. The van der Waals surface area contributed by atoms with Gasteiger partial charge in [-0.05, 0) is 36.5 Å². The molecule has 0 radical (unpaired) electrons. The number of carbonyl (C=O) groups excluding carboxylic acids is 1. The number of carbonyl (C=O) groups is 1. The quantitative estimate of drug-likeness (QED) is 0.858. The molecule has 0 N–H and O–H groups in total. The van der Waals surface area contributed by atoms with Crippen LogP contribution < -0.4 is 0 Å². The summed E-state index contributed by atoms with van der Waals surface area (Å²) in [6.07, 6.45) is 2.59. The second-order valence-corrected chi connectivity index (χ2v) is 5.64. The molecule has 1 fully saturated rings.